The molecule has 1 aromatic carbocycles. The van der Waals surface area contributed by atoms with Crippen LogP contribution >= 0.6 is 0 Å². The molecule has 0 aliphatic carbocycles. The lowest BCUT2D eigenvalue weighted by atomic mass is 10.1. The van der Waals surface area contributed by atoms with Gasteiger partial charge in [0, 0.05) is 6.54 Å². The van der Waals surface area contributed by atoms with Crippen LogP contribution in [0.4, 0.5) is 0 Å². The highest BCUT2D eigenvalue weighted by atomic mass is 32.2. The van der Waals surface area contributed by atoms with Crippen LogP contribution < -0.4 is 4.72 Å². The highest BCUT2D eigenvalue weighted by Gasteiger charge is 2.21. The third-order valence-electron chi connectivity index (χ3n) is 3.16. The molecule has 108 valence electrons. The van der Waals surface area contributed by atoms with E-state index in [4.69, 9.17) is 0 Å². The normalized spacial score (nSPS) is 11.8. The van der Waals surface area contributed by atoms with E-state index in [0.29, 0.717) is 24.4 Å². The quantitative estimate of drug-likeness (QED) is 0.883. The Morgan fingerprint density at radius 2 is 1.80 bits per heavy atom. The van der Waals surface area contributed by atoms with Crippen LogP contribution in [0.3, 0.4) is 0 Å². The van der Waals surface area contributed by atoms with E-state index < -0.39 is 10.0 Å². The number of hydrogen-bond donors (Lipinski definition) is 2. The van der Waals surface area contributed by atoms with Crippen molar-refractivity contribution in [1.82, 2.24) is 14.9 Å². The van der Waals surface area contributed by atoms with Crippen LogP contribution in [-0.2, 0) is 16.4 Å². The van der Waals surface area contributed by atoms with Gasteiger partial charge < -0.3 is 0 Å². The highest BCUT2D eigenvalue weighted by molar-refractivity contribution is 7.89. The van der Waals surface area contributed by atoms with E-state index in [9.17, 15) is 8.42 Å². The molecule has 2 N–H and O–H groups in total. The van der Waals surface area contributed by atoms with Crippen LogP contribution in [0.1, 0.15) is 22.5 Å². The molecule has 6 heteroatoms. The number of rotatable bonds is 5. The second-order valence-corrected chi connectivity index (χ2v) is 6.60. The third kappa shape index (κ3) is 3.26. The summed E-state index contributed by atoms with van der Waals surface area (Å²) in [5, 5.41) is 6.60. The Kier molecular flexibility index (Phi) is 4.25. The first-order valence-corrected chi connectivity index (χ1v) is 7.95. The van der Waals surface area contributed by atoms with Gasteiger partial charge in [-0.05, 0) is 32.8 Å². The first-order chi connectivity index (χ1) is 9.40. The Morgan fingerprint density at radius 3 is 2.35 bits per heavy atom. The van der Waals surface area contributed by atoms with Crippen LogP contribution in [0.15, 0.2) is 29.2 Å². The van der Waals surface area contributed by atoms with Crippen LogP contribution in [0.5, 0.6) is 0 Å². The van der Waals surface area contributed by atoms with Gasteiger partial charge in [0.05, 0.1) is 11.4 Å². The molecular formula is C14H19N3O2S. The lowest BCUT2D eigenvalue weighted by Crippen LogP contribution is -2.26. The number of sulfonamides is 1. The van der Waals surface area contributed by atoms with Gasteiger partial charge in [0.15, 0.2) is 0 Å². The van der Waals surface area contributed by atoms with Crippen molar-refractivity contribution in [3.05, 3.63) is 46.8 Å². The van der Waals surface area contributed by atoms with E-state index in [1.165, 1.54) is 5.56 Å². The van der Waals surface area contributed by atoms with Gasteiger partial charge in [-0.15, -0.1) is 0 Å². The summed E-state index contributed by atoms with van der Waals surface area (Å²) in [4.78, 5) is 0.251. The molecule has 0 aliphatic rings. The molecular weight excluding hydrogens is 274 g/mol. The van der Waals surface area contributed by atoms with Crippen molar-refractivity contribution in [1.29, 1.82) is 0 Å². The first kappa shape index (κ1) is 14.7. The van der Waals surface area contributed by atoms with E-state index in [1.807, 2.05) is 31.2 Å². The van der Waals surface area contributed by atoms with E-state index in [2.05, 4.69) is 14.9 Å². The van der Waals surface area contributed by atoms with Gasteiger partial charge in [-0.3, -0.25) is 5.10 Å². The predicted molar refractivity (Wildman–Crippen MR) is 78.1 cm³/mol. The summed E-state index contributed by atoms with van der Waals surface area (Å²) in [7, 11) is -3.50. The molecule has 0 atom stereocenters. The van der Waals surface area contributed by atoms with Gasteiger partial charge >= 0.3 is 0 Å². The summed E-state index contributed by atoms with van der Waals surface area (Å²) in [6.07, 6.45) is 0.662. The zero-order chi connectivity index (χ0) is 14.8. The molecule has 1 aromatic heterocycles. The zero-order valence-electron chi connectivity index (χ0n) is 11.9. The zero-order valence-corrected chi connectivity index (χ0v) is 12.7. The SMILES string of the molecule is Cc1ccc(CCNS(=O)(=O)c2c(C)n[nH]c2C)cc1. The maximum atomic E-state index is 12.2. The van der Waals surface area contributed by atoms with Gasteiger partial charge in [-0.2, -0.15) is 5.10 Å². The number of benzene rings is 1. The monoisotopic (exact) mass is 293 g/mol. The third-order valence-corrected chi connectivity index (χ3v) is 4.88. The Balaban J connectivity index is 2.02. The Hall–Kier alpha value is -1.66. The van der Waals surface area contributed by atoms with Gasteiger partial charge in [-0.25, -0.2) is 13.1 Å². The molecule has 0 bridgehead atoms. The standard InChI is InChI=1S/C14H19N3O2S/c1-10-4-6-13(7-5-10)8-9-15-20(18,19)14-11(2)16-17-12(14)3/h4-7,15H,8-9H2,1-3H3,(H,16,17). The van der Waals surface area contributed by atoms with Crippen molar-refractivity contribution in [2.24, 2.45) is 0 Å². The fraction of sp³-hybridized carbons (Fsp3) is 0.357. The molecule has 0 radical (unpaired) electrons. The second kappa shape index (κ2) is 5.76. The van der Waals surface area contributed by atoms with Crippen LogP contribution in [-0.4, -0.2) is 25.2 Å². The molecule has 0 amide bonds. The van der Waals surface area contributed by atoms with Crippen molar-refractivity contribution >= 4 is 10.0 Å². The number of aromatic amines is 1. The number of nitrogens with one attached hydrogen (secondary N) is 2. The Morgan fingerprint density at radius 1 is 1.15 bits per heavy atom. The van der Waals surface area contributed by atoms with Crippen molar-refractivity contribution in [3.8, 4) is 0 Å². The molecule has 2 rings (SSSR count). The van der Waals surface area contributed by atoms with Crippen molar-refractivity contribution in [2.75, 3.05) is 6.54 Å². The Labute approximate surface area is 119 Å². The van der Waals surface area contributed by atoms with E-state index in [1.54, 1.807) is 13.8 Å². The second-order valence-electron chi connectivity index (χ2n) is 4.90. The van der Waals surface area contributed by atoms with Gasteiger partial charge in [0.2, 0.25) is 10.0 Å². The summed E-state index contributed by atoms with van der Waals surface area (Å²) in [6, 6.07) is 8.07. The fourth-order valence-electron chi connectivity index (χ4n) is 2.09. The molecule has 1 heterocycles. The van der Waals surface area contributed by atoms with Crippen molar-refractivity contribution < 1.29 is 8.42 Å². The number of aryl methyl sites for hydroxylation is 3. The van der Waals surface area contributed by atoms with Crippen LogP contribution in [0.25, 0.3) is 0 Å². The predicted octanol–water partition coefficient (Wildman–Crippen LogP) is 1.86. The minimum atomic E-state index is -3.50. The van der Waals surface area contributed by atoms with Crippen LogP contribution in [0.2, 0.25) is 0 Å². The number of hydrogen-bond acceptors (Lipinski definition) is 3. The molecule has 20 heavy (non-hydrogen) atoms. The summed E-state index contributed by atoms with van der Waals surface area (Å²) >= 11 is 0. The van der Waals surface area contributed by atoms with Gasteiger partial charge in [0.1, 0.15) is 4.90 Å². The molecule has 0 fully saturated rings. The average Bonchev–Trinajstić information content (AvgIpc) is 2.72. The molecule has 0 aliphatic heterocycles. The summed E-state index contributed by atoms with van der Waals surface area (Å²) in [5.74, 6) is 0. The van der Waals surface area contributed by atoms with E-state index >= 15 is 0 Å². The molecule has 5 nitrogen and oxygen atoms in total. The topological polar surface area (TPSA) is 74.8 Å². The van der Waals surface area contributed by atoms with Crippen LogP contribution in [0, 0.1) is 20.8 Å². The molecule has 0 saturated heterocycles. The van der Waals surface area contributed by atoms with E-state index in [0.717, 1.165) is 5.56 Å². The van der Waals surface area contributed by atoms with Crippen molar-refractivity contribution in [3.63, 3.8) is 0 Å². The lowest BCUT2D eigenvalue weighted by molar-refractivity contribution is 0.580. The fourth-order valence-corrected chi connectivity index (χ4v) is 3.49. The van der Waals surface area contributed by atoms with E-state index in [-0.39, 0.29) is 4.90 Å². The molecule has 2 aromatic rings. The smallest absolute Gasteiger partial charge is 0.244 e. The lowest BCUT2D eigenvalue weighted by Gasteiger charge is -2.07. The minimum absolute atomic E-state index is 0.251. The highest BCUT2D eigenvalue weighted by Crippen LogP contribution is 2.16. The number of aromatic nitrogens is 2. The van der Waals surface area contributed by atoms with Gasteiger partial charge in [0.25, 0.3) is 0 Å². The minimum Gasteiger partial charge on any atom is -0.281 e. The summed E-state index contributed by atoms with van der Waals surface area (Å²) < 4.78 is 27.0. The maximum Gasteiger partial charge on any atom is 0.244 e. The number of H-pyrrole nitrogens is 1. The largest absolute Gasteiger partial charge is 0.281 e. The first-order valence-electron chi connectivity index (χ1n) is 6.47. The van der Waals surface area contributed by atoms with Crippen molar-refractivity contribution in [2.45, 2.75) is 32.1 Å². The molecule has 0 saturated carbocycles. The number of nitrogens with zero attached hydrogens (tertiary/aromatic N) is 1. The van der Waals surface area contributed by atoms with Gasteiger partial charge in [-0.1, -0.05) is 29.8 Å². The molecule has 0 spiro atoms. The Bertz CT molecular complexity index is 668. The average molecular weight is 293 g/mol. The summed E-state index contributed by atoms with van der Waals surface area (Å²) in [6.45, 7) is 5.78. The summed E-state index contributed by atoms with van der Waals surface area (Å²) in [5.41, 5.74) is 3.36. The maximum absolute atomic E-state index is 12.2. The molecule has 0 unspecified atom stereocenters.